The normalized spacial score (nSPS) is 10.5. The van der Waals surface area contributed by atoms with E-state index in [0.29, 0.717) is 10.7 Å². The number of rotatable bonds is 5. The van der Waals surface area contributed by atoms with Crippen molar-refractivity contribution < 1.29 is 4.79 Å². The molecule has 0 atom stereocenters. The van der Waals surface area contributed by atoms with Crippen molar-refractivity contribution in [1.29, 1.82) is 0 Å². The van der Waals surface area contributed by atoms with Crippen LogP contribution in [0.1, 0.15) is 10.5 Å². The number of halogens is 1. The van der Waals surface area contributed by atoms with Crippen LogP contribution >= 0.6 is 11.6 Å². The number of carbonyl (C=O) groups excluding carboxylic acids is 1. The number of aromatic amines is 1. The SMILES string of the molecule is O=C(NCCn1nc(-c2ccc(Cl)cc2)ccc1=O)c1ccc(=O)[nH]n1. The molecule has 3 rings (SSSR count). The summed E-state index contributed by atoms with van der Waals surface area (Å²) in [7, 11) is 0. The molecule has 2 aromatic heterocycles. The highest BCUT2D eigenvalue weighted by molar-refractivity contribution is 6.30. The van der Waals surface area contributed by atoms with Gasteiger partial charge in [-0.3, -0.25) is 14.4 Å². The molecule has 9 heteroatoms. The lowest BCUT2D eigenvalue weighted by atomic mass is 10.1. The molecule has 0 saturated heterocycles. The van der Waals surface area contributed by atoms with Crippen molar-refractivity contribution >= 4 is 17.5 Å². The fourth-order valence-electron chi connectivity index (χ4n) is 2.22. The minimum atomic E-state index is -0.455. The highest BCUT2D eigenvalue weighted by Crippen LogP contribution is 2.18. The summed E-state index contributed by atoms with van der Waals surface area (Å²) >= 11 is 5.87. The third-order valence-electron chi connectivity index (χ3n) is 3.53. The topological polar surface area (TPSA) is 110 Å². The first-order chi connectivity index (χ1) is 12.5. The predicted octanol–water partition coefficient (Wildman–Crippen LogP) is 1.08. The average Bonchev–Trinajstić information content (AvgIpc) is 2.64. The lowest BCUT2D eigenvalue weighted by molar-refractivity contribution is 0.0945. The lowest BCUT2D eigenvalue weighted by Gasteiger charge is -2.08. The zero-order valence-corrected chi connectivity index (χ0v) is 14.2. The summed E-state index contributed by atoms with van der Waals surface area (Å²) in [6, 6.07) is 12.7. The number of hydrogen-bond donors (Lipinski definition) is 2. The second-order valence-electron chi connectivity index (χ2n) is 5.35. The number of H-pyrrole nitrogens is 1. The van der Waals surface area contributed by atoms with Crippen LogP contribution in [0.3, 0.4) is 0 Å². The summed E-state index contributed by atoms with van der Waals surface area (Å²) in [5, 5.41) is 13.4. The molecule has 26 heavy (non-hydrogen) atoms. The van der Waals surface area contributed by atoms with Crippen LogP contribution in [0.15, 0.2) is 58.1 Å². The number of carbonyl (C=O) groups is 1. The fraction of sp³-hybridized carbons (Fsp3) is 0.118. The molecule has 0 bridgehead atoms. The molecular weight excluding hydrogens is 358 g/mol. The molecule has 1 aromatic carbocycles. The van der Waals surface area contributed by atoms with E-state index in [1.807, 2.05) is 12.1 Å². The Morgan fingerprint density at radius 1 is 1.08 bits per heavy atom. The molecule has 0 unspecified atom stereocenters. The van der Waals surface area contributed by atoms with Gasteiger partial charge in [-0.15, -0.1) is 0 Å². The Kier molecular flexibility index (Phi) is 5.23. The van der Waals surface area contributed by atoms with E-state index < -0.39 is 11.5 Å². The van der Waals surface area contributed by atoms with Gasteiger partial charge in [0.15, 0.2) is 0 Å². The summed E-state index contributed by atoms with van der Waals surface area (Å²) in [6.45, 7) is 0.367. The van der Waals surface area contributed by atoms with Crippen LogP contribution in [0.25, 0.3) is 11.3 Å². The average molecular weight is 372 g/mol. The summed E-state index contributed by atoms with van der Waals surface area (Å²) in [5.74, 6) is -0.455. The van der Waals surface area contributed by atoms with Gasteiger partial charge in [0, 0.05) is 29.3 Å². The molecule has 0 aliphatic heterocycles. The van der Waals surface area contributed by atoms with Crippen LogP contribution in [-0.4, -0.2) is 32.4 Å². The van der Waals surface area contributed by atoms with Crippen molar-refractivity contribution in [2.75, 3.05) is 6.54 Å². The van der Waals surface area contributed by atoms with E-state index in [4.69, 9.17) is 11.6 Å². The zero-order chi connectivity index (χ0) is 18.5. The highest BCUT2D eigenvalue weighted by Gasteiger charge is 2.08. The minimum absolute atomic E-state index is 0.0832. The number of hydrogen-bond acceptors (Lipinski definition) is 5. The van der Waals surface area contributed by atoms with E-state index in [1.54, 1.807) is 18.2 Å². The molecule has 132 valence electrons. The summed E-state index contributed by atoms with van der Waals surface area (Å²) in [6.07, 6.45) is 0. The summed E-state index contributed by atoms with van der Waals surface area (Å²) in [5.41, 5.74) is 0.856. The molecule has 3 aromatic rings. The molecule has 0 radical (unpaired) electrons. The quantitative estimate of drug-likeness (QED) is 0.697. The van der Waals surface area contributed by atoms with Crippen molar-refractivity contribution in [1.82, 2.24) is 25.3 Å². The number of benzene rings is 1. The van der Waals surface area contributed by atoms with Gasteiger partial charge in [0.2, 0.25) is 0 Å². The van der Waals surface area contributed by atoms with Crippen molar-refractivity contribution in [3.63, 3.8) is 0 Å². The number of amides is 1. The van der Waals surface area contributed by atoms with Gasteiger partial charge in [-0.05, 0) is 24.3 Å². The molecular formula is C17H14ClN5O3. The largest absolute Gasteiger partial charge is 0.349 e. The first-order valence-electron chi connectivity index (χ1n) is 7.71. The van der Waals surface area contributed by atoms with Crippen molar-refractivity contribution in [2.24, 2.45) is 0 Å². The maximum absolute atomic E-state index is 12.0. The van der Waals surface area contributed by atoms with Crippen molar-refractivity contribution in [3.8, 4) is 11.3 Å². The summed E-state index contributed by atoms with van der Waals surface area (Å²) < 4.78 is 1.27. The summed E-state index contributed by atoms with van der Waals surface area (Å²) in [4.78, 5) is 34.8. The third-order valence-corrected chi connectivity index (χ3v) is 3.78. The van der Waals surface area contributed by atoms with Crippen LogP contribution in [0.4, 0.5) is 0 Å². The smallest absolute Gasteiger partial charge is 0.271 e. The van der Waals surface area contributed by atoms with E-state index in [0.717, 1.165) is 5.56 Å². The van der Waals surface area contributed by atoms with E-state index in [2.05, 4.69) is 20.6 Å². The van der Waals surface area contributed by atoms with Gasteiger partial charge in [0.1, 0.15) is 5.69 Å². The van der Waals surface area contributed by atoms with Crippen LogP contribution in [-0.2, 0) is 6.54 Å². The van der Waals surface area contributed by atoms with Crippen LogP contribution < -0.4 is 16.4 Å². The Balaban J connectivity index is 1.68. The van der Waals surface area contributed by atoms with Gasteiger partial charge >= 0.3 is 0 Å². The van der Waals surface area contributed by atoms with E-state index in [9.17, 15) is 14.4 Å². The van der Waals surface area contributed by atoms with Gasteiger partial charge < -0.3 is 5.32 Å². The van der Waals surface area contributed by atoms with Gasteiger partial charge in [-0.2, -0.15) is 10.2 Å². The first kappa shape index (κ1) is 17.6. The Hall–Kier alpha value is -3.26. The van der Waals surface area contributed by atoms with Gasteiger partial charge in [0.05, 0.1) is 12.2 Å². The number of nitrogens with one attached hydrogen (secondary N) is 2. The molecule has 0 fully saturated rings. The van der Waals surface area contributed by atoms with Crippen LogP contribution in [0.2, 0.25) is 5.02 Å². The van der Waals surface area contributed by atoms with Crippen molar-refractivity contribution in [2.45, 2.75) is 6.54 Å². The Morgan fingerprint density at radius 3 is 2.54 bits per heavy atom. The zero-order valence-electron chi connectivity index (χ0n) is 13.5. The predicted molar refractivity (Wildman–Crippen MR) is 96.1 cm³/mol. The third kappa shape index (κ3) is 4.22. The van der Waals surface area contributed by atoms with E-state index in [1.165, 1.54) is 22.9 Å². The van der Waals surface area contributed by atoms with Crippen molar-refractivity contribution in [3.05, 3.63) is 80.0 Å². The lowest BCUT2D eigenvalue weighted by Crippen LogP contribution is -2.32. The molecule has 0 saturated carbocycles. The van der Waals surface area contributed by atoms with Crippen LogP contribution in [0, 0.1) is 0 Å². The molecule has 0 aliphatic carbocycles. The second kappa shape index (κ2) is 7.75. The Bertz CT molecular complexity index is 1020. The van der Waals surface area contributed by atoms with Gasteiger partial charge in [-0.1, -0.05) is 23.7 Å². The molecule has 1 amide bonds. The Morgan fingerprint density at radius 2 is 1.85 bits per heavy atom. The molecule has 2 heterocycles. The molecule has 0 spiro atoms. The number of aromatic nitrogens is 4. The monoisotopic (exact) mass is 371 g/mol. The standard InChI is InChI=1S/C17H14ClN5O3/c18-12-3-1-11(2-4-12)13-6-8-16(25)23(22-13)10-9-19-17(26)14-5-7-15(24)21-20-14/h1-8H,9-10H2,(H,19,26)(H,21,24). The maximum Gasteiger partial charge on any atom is 0.271 e. The highest BCUT2D eigenvalue weighted by atomic mass is 35.5. The van der Waals surface area contributed by atoms with E-state index in [-0.39, 0.29) is 24.3 Å². The number of nitrogens with zero attached hydrogens (tertiary/aromatic N) is 3. The molecule has 2 N–H and O–H groups in total. The second-order valence-corrected chi connectivity index (χ2v) is 5.79. The van der Waals surface area contributed by atoms with Crippen LogP contribution in [0.5, 0.6) is 0 Å². The Labute approximate surface area is 152 Å². The molecule has 0 aliphatic rings. The minimum Gasteiger partial charge on any atom is -0.349 e. The molecule has 8 nitrogen and oxygen atoms in total. The first-order valence-corrected chi connectivity index (χ1v) is 8.09. The fourth-order valence-corrected chi connectivity index (χ4v) is 2.35. The maximum atomic E-state index is 12.0. The van der Waals surface area contributed by atoms with Gasteiger partial charge in [-0.25, -0.2) is 9.78 Å². The van der Waals surface area contributed by atoms with Gasteiger partial charge in [0.25, 0.3) is 17.0 Å². The van der Waals surface area contributed by atoms with E-state index >= 15 is 0 Å².